The number of rotatable bonds is 6. The Morgan fingerprint density at radius 3 is 2.57 bits per heavy atom. The van der Waals surface area contributed by atoms with Gasteiger partial charge in [0.2, 0.25) is 0 Å². The van der Waals surface area contributed by atoms with Crippen LogP contribution in [0.15, 0.2) is 197 Å². The van der Waals surface area contributed by atoms with Crippen LogP contribution in [0.5, 0.6) is 5.75 Å². The minimum Gasteiger partial charge on any atom is -0.483 e. The van der Waals surface area contributed by atoms with Crippen LogP contribution >= 0.6 is 11.8 Å². The van der Waals surface area contributed by atoms with Crippen molar-refractivity contribution in [3.63, 3.8) is 0 Å². The summed E-state index contributed by atoms with van der Waals surface area (Å²) in [7, 11) is 0. The monoisotopic (exact) mass is 772 g/mol. The summed E-state index contributed by atoms with van der Waals surface area (Å²) >= 11 is 1.95. The fourth-order valence-electron chi connectivity index (χ4n) is 11.3. The largest absolute Gasteiger partial charge is 0.483 e. The van der Waals surface area contributed by atoms with E-state index in [0.29, 0.717) is 29.8 Å². The first-order valence-electron chi connectivity index (χ1n) is 21.6. The first-order chi connectivity index (χ1) is 28.8. The van der Waals surface area contributed by atoms with Gasteiger partial charge in [-0.15, -0.1) is 0 Å². The molecule has 0 saturated carbocycles. The van der Waals surface area contributed by atoms with E-state index in [1.165, 1.54) is 68.2 Å². The maximum atomic E-state index is 6.82. The third-order valence-corrected chi connectivity index (χ3v) is 15.2. The molecule has 3 aliphatic heterocycles. The maximum Gasteiger partial charge on any atom is 0.148 e. The predicted molar refractivity (Wildman–Crippen MR) is 240 cm³/mol. The molecular formula is C54H48N2OS. The second-order valence-corrected chi connectivity index (χ2v) is 18.2. The Kier molecular flexibility index (Phi) is 8.42. The number of para-hydroxylation sites is 1. The van der Waals surface area contributed by atoms with Gasteiger partial charge in [-0.25, -0.2) is 0 Å². The quantitative estimate of drug-likeness (QED) is 0.232. The number of hydrogen-bond donors (Lipinski definition) is 0. The molecule has 3 heterocycles. The lowest BCUT2D eigenvalue weighted by Crippen LogP contribution is -2.50. The lowest BCUT2D eigenvalue weighted by Gasteiger charge is -2.42. The van der Waals surface area contributed by atoms with E-state index in [-0.39, 0.29) is 18.2 Å². The molecule has 0 amide bonds. The van der Waals surface area contributed by atoms with Crippen molar-refractivity contribution in [2.45, 2.75) is 79.6 Å². The highest BCUT2D eigenvalue weighted by atomic mass is 32.2. The summed E-state index contributed by atoms with van der Waals surface area (Å²) in [6.45, 7) is 0. The van der Waals surface area contributed by atoms with E-state index in [1.807, 2.05) is 11.8 Å². The minimum atomic E-state index is -0.0717. The Bertz CT molecular complexity index is 2540. The molecule has 12 rings (SSSR count). The van der Waals surface area contributed by atoms with Crippen LogP contribution in [0.2, 0.25) is 0 Å². The lowest BCUT2D eigenvalue weighted by molar-refractivity contribution is 0.229. The number of nitrogens with zero attached hydrogens (tertiary/aromatic N) is 2. The number of fused-ring (bicyclic) bond motifs is 8. The first kappa shape index (κ1) is 34.6. The maximum absolute atomic E-state index is 6.82. The van der Waals surface area contributed by atoms with E-state index in [4.69, 9.17) is 4.74 Å². The molecule has 0 spiro atoms. The summed E-state index contributed by atoms with van der Waals surface area (Å²) in [5, 5.41) is 0. The predicted octanol–water partition coefficient (Wildman–Crippen LogP) is 12.5. The zero-order valence-corrected chi connectivity index (χ0v) is 33.6. The summed E-state index contributed by atoms with van der Waals surface area (Å²) in [6.07, 6.45) is 45.4. The zero-order valence-electron chi connectivity index (χ0n) is 32.7. The highest BCUT2D eigenvalue weighted by molar-refractivity contribution is 8.03. The molecular weight excluding hydrogens is 725 g/mol. The van der Waals surface area contributed by atoms with Gasteiger partial charge in [0.15, 0.2) is 0 Å². The van der Waals surface area contributed by atoms with Crippen molar-refractivity contribution in [2.75, 3.05) is 4.90 Å². The van der Waals surface area contributed by atoms with Crippen LogP contribution in [-0.2, 0) is 0 Å². The van der Waals surface area contributed by atoms with Crippen LogP contribution in [0.1, 0.15) is 61.1 Å². The first-order valence-corrected chi connectivity index (χ1v) is 22.4. The third-order valence-electron chi connectivity index (χ3n) is 14.0. The van der Waals surface area contributed by atoms with E-state index in [9.17, 15) is 0 Å². The molecule has 0 saturated heterocycles. The summed E-state index contributed by atoms with van der Waals surface area (Å²) in [4.78, 5) is 8.30. The van der Waals surface area contributed by atoms with Gasteiger partial charge in [0.25, 0.3) is 0 Å². The molecule has 0 radical (unpaired) electrons. The van der Waals surface area contributed by atoms with Crippen molar-refractivity contribution in [1.29, 1.82) is 0 Å². The highest BCUT2D eigenvalue weighted by Gasteiger charge is 2.43. The molecule has 3 nitrogen and oxygen atoms in total. The molecule has 3 aromatic carbocycles. The number of benzene rings is 3. The van der Waals surface area contributed by atoms with E-state index < -0.39 is 0 Å². The van der Waals surface area contributed by atoms with Crippen molar-refractivity contribution in [2.24, 2.45) is 11.8 Å². The van der Waals surface area contributed by atoms with Crippen LogP contribution in [0.3, 0.4) is 0 Å². The van der Waals surface area contributed by atoms with Crippen LogP contribution < -0.4 is 9.64 Å². The number of anilines is 1. The van der Waals surface area contributed by atoms with Crippen molar-refractivity contribution >= 4 is 28.6 Å². The Hall–Kier alpha value is -5.45. The van der Waals surface area contributed by atoms with Gasteiger partial charge < -0.3 is 14.5 Å². The summed E-state index contributed by atoms with van der Waals surface area (Å²) in [5.41, 5.74) is 12.3. The van der Waals surface area contributed by atoms with Crippen molar-refractivity contribution in [3.05, 3.63) is 208 Å². The Balaban J connectivity index is 0.862. The summed E-state index contributed by atoms with van der Waals surface area (Å²) in [5.74, 6) is 2.16. The molecule has 0 aromatic heterocycles. The molecule has 4 heteroatoms. The Morgan fingerprint density at radius 2 is 1.67 bits per heavy atom. The third kappa shape index (κ3) is 5.62. The number of thioether (sulfide) groups is 1. The molecule has 8 atom stereocenters. The van der Waals surface area contributed by atoms with Crippen LogP contribution in [0.4, 0.5) is 5.69 Å². The van der Waals surface area contributed by atoms with Gasteiger partial charge in [0.1, 0.15) is 11.9 Å². The van der Waals surface area contributed by atoms with E-state index >= 15 is 0 Å². The number of ether oxygens (including phenoxy) is 1. The molecule has 286 valence electrons. The normalized spacial score (nSPS) is 30.7. The van der Waals surface area contributed by atoms with Gasteiger partial charge in [-0.05, 0) is 95.5 Å². The topological polar surface area (TPSA) is 15.7 Å². The molecule has 8 unspecified atom stereocenters. The van der Waals surface area contributed by atoms with Crippen LogP contribution in [0.25, 0.3) is 11.1 Å². The summed E-state index contributed by atoms with van der Waals surface area (Å²) in [6, 6.07) is 28.1. The second kappa shape index (κ2) is 14.1. The standard InChI is InChI=1S/C54H48N2OS/c1-2-12-38(13-3-1)56-47-19-7-4-14-42(47)43-33-28-37(34-49(43)56)35-24-29-39(30-25-35)55(48-20-10-18-45-44-15-5-8-21-50(44)57-54(45)48)40-31-26-36(27-32-40)41-17-11-23-52-53(41)46-16-6-9-22-51(46)58-52/h2,4-6,8-12,14-18,20-31,33-34,38,40-41,43,48-49,53-54H,1,3,7,13,19,32H2. The van der Waals surface area contributed by atoms with Gasteiger partial charge in [-0.1, -0.05) is 158 Å². The lowest BCUT2D eigenvalue weighted by atomic mass is 9.77. The van der Waals surface area contributed by atoms with Crippen molar-refractivity contribution in [1.82, 2.24) is 4.90 Å². The van der Waals surface area contributed by atoms with Gasteiger partial charge >= 0.3 is 0 Å². The van der Waals surface area contributed by atoms with Crippen molar-refractivity contribution < 1.29 is 4.74 Å². The van der Waals surface area contributed by atoms with Crippen LogP contribution in [-0.4, -0.2) is 35.2 Å². The van der Waals surface area contributed by atoms with E-state index in [1.54, 1.807) is 11.3 Å². The molecule has 58 heavy (non-hydrogen) atoms. The second-order valence-electron chi connectivity index (χ2n) is 17.1. The van der Waals surface area contributed by atoms with Gasteiger partial charge in [0.05, 0.1) is 18.1 Å². The van der Waals surface area contributed by atoms with Gasteiger partial charge in [-0.2, -0.15) is 0 Å². The molecule has 9 aliphatic rings. The molecule has 0 fully saturated rings. The van der Waals surface area contributed by atoms with E-state index in [2.05, 4.69) is 180 Å². The fourth-order valence-corrected chi connectivity index (χ4v) is 12.6. The Morgan fingerprint density at radius 1 is 0.776 bits per heavy atom. The number of allylic oxidation sites excluding steroid dienone is 14. The summed E-state index contributed by atoms with van der Waals surface area (Å²) < 4.78 is 6.82. The zero-order chi connectivity index (χ0) is 38.2. The Labute approximate surface area is 347 Å². The molecule has 0 N–H and O–H groups in total. The van der Waals surface area contributed by atoms with E-state index in [0.717, 1.165) is 25.0 Å². The van der Waals surface area contributed by atoms with Crippen molar-refractivity contribution in [3.8, 4) is 5.75 Å². The SMILES string of the molecule is C1=CC(C2=CCC(N(c3ccc(C4=CC5C(C=C4)C4=C(CCC=C4)N5C4C=CCCC4)cc3)C3C=CC=C4c5ccccc5OC43)C=C2)C2C(=C1)Sc1ccccc12. The minimum absolute atomic E-state index is 0.0423. The van der Waals surface area contributed by atoms with Gasteiger partial charge in [-0.3, -0.25) is 0 Å². The average molecular weight is 773 g/mol. The molecule has 0 bridgehead atoms. The molecule has 3 aromatic rings. The van der Waals surface area contributed by atoms with Crippen LogP contribution in [0, 0.1) is 11.8 Å². The highest BCUT2D eigenvalue weighted by Crippen LogP contribution is 2.55. The fraction of sp³-hybridized carbons (Fsp3) is 0.259. The van der Waals surface area contributed by atoms with Gasteiger partial charge in [0, 0.05) is 51.2 Å². The smallest absolute Gasteiger partial charge is 0.148 e. The number of hydrogen-bond acceptors (Lipinski definition) is 4. The molecule has 6 aliphatic carbocycles. The average Bonchev–Trinajstić information content (AvgIpc) is 3.97.